The van der Waals surface area contributed by atoms with E-state index in [0.717, 1.165) is 118 Å². The van der Waals surface area contributed by atoms with Crippen molar-refractivity contribution in [2.75, 3.05) is 98.2 Å². The van der Waals surface area contributed by atoms with Crippen LogP contribution in [-0.4, -0.2) is 128 Å². The van der Waals surface area contributed by atoms with E-state index in [1.165, 1.54) is 16.7 Å². The zero-order valence-corrected chi connectivity index (χ0v) is 22.5. The molecule has 0 spiro atoms. The summed E-state index contributed by atoms with van der Waals surface area (Å²) in [6.07, 6.45) is 6.08. The molecule has 3 aliphatic heterocycles. The molecule has 0 atom stereocenters. The fraction of sp³-hybridized carbons (Fsp3) is 0.600. The molecule has 0 N–H and O–H groups in total. The van der Waals surface area contributed by atoms with Crippen molar-refractivity contribution in [3.05, 3.63) is 72.9 Å². The minimum absolute atomic E-state index is 1.01. The fourth-order valence-electron chi connectivity index (χ4n) is 5.83. The second-order valence-electron chi connectivity index (χ2n) is 10.8. The third-order valence-electron chi connectivity index (χ3n) is 7.89. The molecule has 0 amide bonds. The molecular weight excluding hydrogens is 444 g/mol. The van der Waals surface area contributed by atoms with Gasteiger partial charge in [0.15, 0.2) is 0 Å². The summed E-state index contributed by atoms with van der Waals surface area (Å²) in [5.74, 6) is 0. The van der Waals surface area contributed by atoms with E-state index in [1.54, 1.807) is 0 Å². The third kappa shape index (κ3) is 8.37. The molecule has 0 aliphatic carbocycles. The summed E-state index contributed by atoms with van der Waals surface area (Å²) in [5.41, 5.74) is 4.45. The molecule has 4 rings (SSSR count). The van der Waals surface area contributed by atoms with Crippen molar-refractivity contribution in [1.29, 1.82) is 0 Å². The van der Waals surface area contributed by atoms with Gasteiger partial charge in [-0.25, -0.2) is 0 Å². The van der Waals surface area contributed by atoms with Crippen molar-refractivity contribution >= 4 is 0 Å². The first-order chi connectivity index (χ1) is 17.6. The van der Waals surface area contributed by atoms with E-state index in [9.17, 15) is 0 Å². The first kappa shape index (κ1) is 27.2. The van der Waals surface area contributed by atoms with Gasteiger partial charge in [0.1, 0.15) is 0 Å². The van der Waals surface area contributed by atoms with Gasteiger partial charge < -0.3 is 0 Å². The summed E-state index contributed by atoms with van der Waals surface area (Å²) in [6, 6.07) is 7.45. The highest BCUT2D eigenvalue weighted by Crippen LogP contribution is 2.19. The molecule has 1 aromatic carbocycles. The number of piperazine rings is 3. The van der Waals surface area contributed by atoms with Crippen molar-refractivity contribution in [3.63, 3.8) is 0 Å². The van der Waals surface area contributed by atoms with E-state index < -0.39 is 0 Å². The monoisotopic (exact) mass is 492 g/mol. The Labute approximate surface area is 220 Å². The van der Waals surface area contributed by atoms with Crippen molar-refractivity contribution in [1.82, 2.24) is 29.4 Å². The molecule has 3 fully saturated rings. The maximum atomic E-state index is 3.91. The van der Waals surface area contributed by atoms with E-state index in [4.69, 9.17) is 0 Å². The summed E-state index contributed by atoms with van der Waals surface area (Å²) in [6.45, 7) is 31.6. The zero-order valence-electron chi connectivity index (χ0n) is 22.5. The molecule has 36 heavy (non-hydrogen) atoms. The van der Waals surface area contributed by atoms with Gasteiger partial charge in [-0.2, -0.15) is 0 Å². The smallest absolute Gasteiger partial charge is 0.0235 e. The molecule has 0 radical (unpaired) electrons. The van der Waals surface area contributed by atoms with Gasteiger partial charge in [0.05, 0.1) is 0 Å². The van der Waals surface area contributed by atoms with Crippen LogP contribution in [0.4, 0.5) is 0 Å². The highest BCUT2D eigenvalue weighted by atomic mass is 15.3. The third-order valence-corrected chi connectivity index (χ3v) is 7.89. The molecule has 6 heteroatoms. The lowest BCUT2D eigenvalue weighted by molar-refractivity contribution is 0.133. The molecule has 0 aromatic heterocycles. The van der Waals surface area contributed by atoms with Crippen molar-refractivity contribution in [3.8, 4) is 0 Å². The summed E-state index contributed by atoms with van der Waals surface area (Å²) in [7, 11) is 0. The Hall–Kier alpha value is -1.80. The van der Waals surface area contributed by atoms with Gasteiger partial charge in [0.25, 0.3) is 0 Å². The van der Waals surface area contributed by atoms with Crippen LogP contribution < -0.4 is 0 Å². The van der Waals surface area contributed by atoms with E-state index in [0.29, 0.717) is 0 Å². The SMILES string of the molecule is C=CCN1CCN(Cc2cc(CN3CCN(CC=C)CC3)cc(CN3CCN(CC=C)CC3)c2)CC1. The Morgan fingerprint density at radius 3 is 0.861 bits per heavy atom. The van der Waals surface area contributed by atoms with Crippen LogP contribution in [0.1, 0.15) is 16.7 Å². The first-order valence-corrected chi connectivity index (χ1v) is 13.9. The quantitative estimate of drug-likeness (QED) is 0.415. The Bertz CT molecular complexity index is 708. The van der Waals surface area contributed by atoms with Crippen molar-refractivity contribution in [2.24, 2.45) is 0 Å². The highest BCUT2D eigenvalue weighted by molar-refractivity contribution is 5.30. The summed E-state index contributed by atoms with van der Waals surface area (Å²) in [5, 5.41) is 0. The normalized spacial score (nSPS) is 22.0. The number of benzene rings is 1. The van der Waals surface area contributed by atoms with Gasteiger partial charge in [-0.15, -0.1) is 19.7 Å². The van der Waals surface area contributed by atoms with E-state index in [-0.39, 0.29) is 0 Å². The summed E-state index contributed by atoms with van der Waals surface area (Å²) in [4.78, 5) is 15.4. The van der Waals surface area contributed by atoms with E-state index in [1.807, 2.05) is 18.2 Å². The number of rotatable bonds is 12. The topological polar surface area (TPSA) is 19.4 Å². The van der Waals surface area contributed by atoms with Gasteiger partial charge in [-0.1, -0.05) is 36.4 Å². The average molecular weight is 493 g/mol. The van der Waals surface area contributed by atoms with Crippen LogP contribution in [-0.2, 0) is 19.6 Å². The number of hydrogen-bond acceptors (Lipinski definition) is 6. The zero-order chi connectivity index (χ0) is 25.2. The predicted molar refractivity (Wildman–Crippen MR) is 152 cm³/mol. The van der Waals surface area contributed by atoms with E-state index >= 15 is 0 Å². The minimum Gasteiger partial charge on any atom is -0.297 e. The largest absolute Gasteiger partial charge is 0.297 e. The molecule has 6 nitrogen and oxygen atoms in total. The minimum atomic E-state index is 1.01. The number of hydrogen-bond donors (Lipinski definition) is 0. The van der Waals surface area contributed by atoms with Crippen LogP contribution in [0, 0.1) is 0 Å². The van der Waals surface area contributed by atoms with Gasteiger partial charge in [0.2, 0.25) is 0 Å². The Kier molecular flexibility index (Phi) is 10.8. The van der Waals surface area contributed by atoms with Gasteiger partial charge in [-0.3, -0.25) is 29.4 Å². The lowest BCUT2D eigenvalue weighted by atomic mass is 10.0. The molecule has 1 aromatic rings. The van der Waals surface area contributed by atoms with Gasteiger partial charge in [-0.05, 0) is 16.7 Å². The Morgan fingerprint density at radius 2 is 0.639 bits per heavy atom. The van der Waals surface area contributed by atoms with E-state index in [2.05, 4.69) is 67.3 Å². The average Bonchev–Trinajstić information content (AvgIpc) is 2.88. The molecule has 3 aliphatic rings. The van der Waals surface area contributed by atoms with Crippen molar-refractivity contribution in [2.45, 2.75) is 19.6 Å². The first-order valence-electron chi connectivity index (χ1n) is 13.9. The van der Waals surface area contributed by atoms with Crippen molar-refractivity contribution < 1.29 is 0 Å². The van der Waals surface area contributed by atoms with Gasteiger partial charge >= 0.3 is 0 Å². The number of nitrogens with zero attached hydrogens (tertiary/aromatic N) is 6. The van der Waals surface area contributed by atoms with Crippen LogP contribution in [0.2, 0.25) is 0 Å². The molecule has 0 bridgehead atoms. The maximum Gasteiger partial charge on any atom is 0.0235 e. The van der Waals surface area contributed by atoms with Gasteiger partial charge in [0, 0.05) is 118 Å². The fourth-order valence-corrected chi connectivity index (χ4v) is 5.83. The van der Waals surface area contributed by atoms with Crippen LogP contribution >= 0.6 is 0 Å². The molecule has 0 saturated carbocycles. The molecule has 3 saturated heterocycles. The second-order valence-corrected chi connectivity index (χ2v) is 10.8. The van der Waals surface area contributed by atoms with Crippen LogP contribution in [0.3, 0.4) is 0 Å². The summed E-state index contributed by atoms with van der Waals surface area (Å²) >= 11 is 0. The highest BCUT2D eigenvalue weighted by Gasteiger charge is 2.20. The second kappa shape index (κ2) is 14.2. The molecule has 3 heterocycles. The Balaban J connectivity index is 1.40. The standard InChI is InChI=1S/C30H48N6/c1-4-7-31-10-16-34(17-11-31)25-28-22-29(26-35-18-12-32(8-5-2)13-19-35)24-30(23-28)27-36-20-14-33(9-6-3)15-21-36/h4-6,22-24H,1-3,7-21,25-27H2. The predicted octanol–water partition coefficient (Wildman–Crippen LogP) is 2.60. The maximum absolute atomic E-state index is 3.91. The Morgan fingerprint density at radius 1 is 0.417 bits per heavy atom. The molecule has 0 unspecified atom stereocenters. The lowest BCUT2D eigenvalue weighted by Gasteiger charge is -2.36. The molecule has 198 valence electrons. The lowest BCUT2D eigenvalue weighted by Crippen LogP contribution is -2.46. The van der Waals surface area contributed by atoms with Crippen LogP contribution in [0.25, 0.3) is 0 Å². The van der Waals surface area contributed by atoms with Crippen LogP contribution in [0.15, 0.2) is 56.2 Å². The van der Waals surface area contributed by atoms with Crippen LogP contribution in [0.5, 0.6) is 0 Å². The summed E-state index contributed by atoms with van der Waals surface area (Å²) < 4.78 is 0. The molecular formula is C30H48N6.